The molecule has 30 heavy (non-hydrogen) atoms. The van der Waals surface area contributed by atoms with Crippen LogP contribution in [0.25, 0.3) is 0 Å². The zero-order chi connectivity index (χ0) is 21.3. The number of piperidine rings is 1. The summed E-state index contributed by atoms with van der Waals surface area (Å²) in [7, 11) is 5.30. The number of carbonyl (C=O) groups is 1. The van der Waals surface area contributed by atoms with Crippen molar-refractivity contribution in [1.29, 1.82) is 0 Å². The summed E-state index contributed by atoms with van der Waals surface area (Å²) in [5, 5.41) is 0. The van der Waals surface area contributed by atoms with Crippen LogP contribution >= 0.6 is 0 Å². The van der Waals surface area contributed by atoms with Crippen molar-refractivity contribution in [1.82, 2.24) is 9.80 Å². The van der Waals surface area contributed by atoms with Gasteiger partial charge in [-0.3, -0.25) is 0 Å². The number of rotatable bonds is 9. The molecule has 0 saturated carbocycles. The Kier molecular flexibility index (Phi) is 8.29. The molecule has 0 amide bonds. The summed E-state index contributed by atoms with van der Waals surface area (Å²) in [6.45, 7) is 5.47. The van der Waals surface area contributed by atoms with Gasteiger partial charge in [0.25, 0.3) is 0 Å². The molecule has 1 atom stereocenters. The van der Waals surface area contributed by atoms with Crippen LogP contribution in [-0.4, -0.2) is 63.2 Å². The molecule has 0 unspecified atom stereocenters. The lowest BCUT2D eigenvalue weighted by Gasteiger charge is -2.34. The second-order valence-corrected chi connectivity index (χ2v) is 8.29. The molecule has 0 N–H and O–H groups in total. The molecule has 162 valence electrons. The van der Waals surface area contributed by atoms with E-state index in [1.807, 2.05) is 36.4 Å². The monoisotopic (exact) mass is 410 g/mol. The van der Waals surface area contributed by atoms with Crippen molar-refractivity contribution in [3.8, 4) is 5.75 Å². The van der Waals surface area contributed by atoms with Crippen LogP contribution in [0.15, 0.2) is 48.5 Å². The van der Waals surface area contributed by atoms with Gasteiger partial charge >= 0.3 is 5.97 Å². The minimum Gasteiger partial charge on any atom is -0.497 e. The molecule has 5 nitrogen and oxygen atoms in total. The zero-order valence-electron chi connectivity index (χ0n) is 18.5. The summed E-state index contributed by atoms with van der Waals surface area (Å²) in [5.74, 6) is 1.33. The van der Waals surface area contributed by atoms with Gasteiger partial charge in [0.05, 0.1) is 19.8 Å². The van der Waals surface area contributed by atoms with Gasteiger partial charge in [0.2, 0.25) is 0 Å². The van der Waals surface area contributed by atoms with Crippen LogP contribution in [0, 0.1) is 5.92 Å². The summed E-state index contributed by atoms with van der Waals surface area (Å²) in [6, 6.07) is 16.1. The second-order valence-electron chi connectivity index (χ2n) is 8.29. The predicted octanol–water partition coefficient (Wildman–Crippen LogP) is 3.87. The molecule has 5 heteroatoms. The number of esters is 1. The Morgan fingerprint density at radius 2 is 1.77 bits per heavy atom. The van der Waals surface area contributed by atoms with Crippen molar-refractivity contribution >= 4 is 5.97 Å². The highest BCUT2D eigenvalue weighted by Crippen LogP contribution is 2.19. The minimum absolute atomic E-state index is 0.285. The van der Waals surface area contributed by atoms with Gasteiger partial charge in [-0.1, -0.05) is 24.3 Å². The third kappa shape index (κ3) is 6.57. The van der Waals surface area contributed by atoms with E-state index in [-0.39, 0.29) is 5.97 Å². The van der Waals surface area contributed by atoms with E-state index in [9.17, 15) is 4.79 Å². The lowest BCUT2D eigenvalue weighted by molar-refractivity contribution is 0.0600. The first-order valence-electron chi connectivity index (χ1n) is 10.8. The summed E-state index contributed by atoms with van der Waals surface area (Å²) in [6.07, 6.45) is 3.65. The molecule has 0 aromatic heterocycles. The highest BCUT2D eigenvalue weighted by molar-refractivity contribution is 5.89. The molecule has 3 rings (SSSR count). The van der Waals surface area contributed by atoms with Crippen molar-refractivity contribution in [2.45, 2.75) is 25.8 Å². The summed E-state index contributed by atoms with van der Waals surface area (Å²) < 4.78 is 10.0. The Bertz CT molecular complexity index is 789. The van der Waals surface area contributed by atoms with E-state index in [1.54, 1.807) is 7.11 Å². The number of methoxy groups -OCH3 is 2. The van der Waals surface area contributed by atoms with Gasteiger partial charge in [0.1, 0.15) is 5.75 Å². The first-order valence-corrected chi connectivity index (χ1v) is 10.8. The number of hydrogen-bond donors (Lipinski definition) is 0. The largest absolute Gasteiger partial charge is 0.497 e. The topological polar surface area (TPSA) is 42.0 Å². The van der Waals surface area contributed by atoms with Gasteiger partial charge in [-0.15, -0.1) is 0 Å². The smallest absolute Gasteiger partial charge is 0.337 e. The Morgan fingerprint density at radius 1 is 1.07 bits per heavy atom. The van der Waals surface area contributed by atoms with E-state index in [0.717, 1.165) is 31.8 Å². The molecule has 0 aliphatic carbocycles. The molecule has 0 bridgehead atoms. The van der Waals surface area contributed by atoms with Crippen molar-refractivity contribution in [2.75, 3.05) is 47.4 Å². The van der Waals surface area contributed by atoms with Crippen LogP contribution in [0.3, 0.4) is 0 Å². The van der Waals surface area contributed by atoms with E-state index in [1.165, 1.54) is 44.2 Å². The number of hydrogen-bond acceptors (Lipinski definition) is 5. The highest BCUT2D eigenvalue weighted by Gasteiger charge is 2.21. The first-order chi connectivity index (χ1) is 14.6. The van der Waals surface area contributed by atoms with E-state index in [2.05, 4.69) is 29.0 Å². The molecule has 2 aromatic carbocycles. The van der Waals surface area contributed by atoms with Gasteiger partial charge in [-0.05, 0) is 74.2 Å². The number of benzene rings is 2. The fraction of sp³-hybridized carbons (Fsp3) is 0.480. The average molecular weight is 411 g/mol. The molecule has 0 spiro atoms. The fourth-order valence-electron chi connectivity index (χ4n) is 4.26. The lowest BCUT2D eigenvalue weighted by atomic mass is 9.97. The van der Waals surface area contributed by atoms with Crippen molar-refractivity contribution in [3.05, 3.63) is 65.2 Å². The molecule has 1 saturated heterocycles. The van der Waals surface area contributed by atoms with Gasteiger partial charge in [-0.2, -0.15) is 0 Å². The van der Waals surface area contributed by atoms with Crippen molar-refractivity contribution in [2.24, 2.45) is 5.92 Å². The maximum atomic E-state index is 11.6. The summed E-state index contributed by atoms with van der Waals surface area (Å²) in [4.78, 5) is 16.6. The second kappa shape index (κ2) is 11.1. The normalized spacial score (nSPS) is 17.1. The van der Waals surface area contributed by atoms with Crippen LogP contribution in [0.4, 0.5) is 0 Å². The quantitative estimate of drug-likeness (QED) is 0.587. The number of nitrogens with zero attached hydrogens (tertiary/aromatic N) is 2. The zero-order valence-corrected chi connectivity index (χ0v) is 18.5. The molecular formula is C25H34N2O3. The van der Waals surface area contributed by atoms with Crippen LogP contribution in [0.1, 0.15) is 34.3 Å². The Hall–Kier alpha value is -2.37. The van der Waals surface area contributed by atoms with Crippen molar-refractivity contribution < 1.29 is 14.3 Å². The summed E-state index contributed by atoms with van der Waals surface area (Å²) >= 11 is 0. The molecule has 1 heterocycles. The molecule has 1 aliphatic heterocycles. The van der Waals surface area contributed by atoms with Crippen LogP contribution in [0.2, 0.25) is 0 Å². The van der Waals surface area contributed by atoms with Crippen molar-refractivity contribution in [3.63, 3.8) is 0 Å². The van der Waals surface area contributed by atoms with E-state index >= 15 is 0 Å². The number of ether oxygens (including phenoxy) is 2. The number of likely N-dealkylation sites (tertiary alicyclic amines) is 1. The fourth-order valence-corrected chi connectivity index (χ4v) is 4.26. The Balaban J connectivity index is 1.43. The molecule has 1 fully saturated rings. The highest BCUT2D eigenvalue weighted by atomic mass is 16.5. The van der Waals surface area contributed by atoms with Crippen LogP contribution < -0.4 is 4.74 Å². The molecule has 2 aromatic rings. The van der Waals surface area contributed by atoms with Gasteiger partial charge in [0.15, 0.2) is 0 Å². The first kappa shape index (κ1) is 22.3. The van der Waals surface area contributed by atoms with Gasteiger partial charge in [0, 0.05) is 26.2 Å². The van der Waals surface area contributed by atoms with Gasteiger partial charge in [-0.25, -0.2) is 4.79 Å². The van der Waals surface area contributed by atoms with Gasteiger partial charge < -0.3 is 19.3 Å². The van der Waals surface area contributed by atoms with Crippen LogP contribution in [0.5, 0.6) is 5.75 Å². The maximum Gasteiger partial charge on any atom is 0.337 e. The van der Waals surface area contributed by atoms with E-state index in [0.29, 0.717) is 11.5 Å². The number of carbonyl (C=O) groups excluding carboxylic acids is 1. The standard InChI is InChI=1S/C25H34N2O3/c1-26(17-21-6-10-23(11-7-21)25(28)30-3)18-22-5-4-15-27(19-22)16-14-20-8-12-24(29-2)13-9-20/h6-13,22H,4-5,14-19H2,1-3H3/t22-/m0/s1. The molecule has 1 aliphatic rings. The lowest BCUT2D eigenvalue weighted by Crippen LogP contribution is -2.40. The van der Waals surface area contributed by atoms with Crippen LogP contribution in [-0.2, 0) is 17.7 Å². The predicted molar refractivity (Wildman–Crippen MR) is 120 cm³/mol. The average Bonchev–Trinajstić information content (AvgIpc) is 2.78. The Morgan fingerprint density at radius 3 is 2.43 bits per heavy atom. The van der Waals surface area contributed by atoms with E-state index in [4.69, 9.17) is 9.47 Å². The Labute approximate surface area is 180 Å². The molecule has 0 radical (unpaired) electrons. The maximum absolute atomic E-state index is 11.6. The third-order valence-electron chi connectivity index (χ3n) is 5.88. The van der Waals surface area contributed by atoms with E-state index < -0.39 is 0 Å². The SMILES string of the molecule is COC(=O)c1ccc(CN(C)C[C@@H]2CCCN(CCc3ccc(OC)cc3)C2)cc1. The summed E-state index contributed by atoms with van der Waals surface area (Å²) in [5.41, 5.74) is 3.19. The third-order valence-corrected chi connectivity index (χ3v) is 5.88. The minimum atomic E-state index is -0.285. The molecular weight excluding hydrogens is 376 g/mol.